The van der Waals surface area contributed by atoms with Gasteiger partial charge in [0.05, 0.1) is 26.0 Å². The zero-order valence-corrected chi connectivity index (χ0v) is 19.3. The minimum Gasteiger partial charge on any atom is -0.467 e. The van der Waals surface area contributed by atoms with Gasteiger partial charge in [-0.3, -0.25) is 14.5 Å². The summed E-state index contributed by atoms with van der Waals surface area (Å²) >= 11 is 0. The van der Waals surface area contributed by atoms with Crippen molar-refractivity contribution in [2.45, 2.75) is 13.1 Å². The lowest BCUT2D eigenvalue weighted by atomic mass is 10.2. The van der Waals surface area contributed by atoms with Crippen LogP contribution in [0.15, 0.2) is 83.5 Å². The van der Waals surface area contributed by atoms with Gasteiger partial charge in [-0.2, -0.15) is 0 Å². The maximum absolute atomic E-state index is 13.5. The van der Waals surface area contributed by atoms with Crippen molar-refractivity contribution in [3.05, 3.63) is 95.9 Å². The van der Waals surface area contributed by atoms with E-state index in [9.17, 15) is 9.59 Å². The molecule has 1 aliphatic heterocycles. The Morgan fingerprint density at radius 3 is 2.21 bits per heavy atom. The van der Waals surface area contributed by atoms with Crippen LogP contribution < -0.4 is 0 Å². The Morgan fingerprint density at radius 1 is 0.824 bits per heavy atom. The van der Waals surface area contributed by atoms with Crippen molar-refractivity contribution in [2.75, 3.05) is 45.9 Å². The lowest BCUT2D eigenvalue weighted by Gasteiger charge is -2.31. The summed E-state index contributed by atoms with van der Waals surface area (Å²) in [6.07, 6.45) is 1.61. The first-order valence-corrected chi connectivity index (χ1v) is 11.7. The number of carbonyl (C=O) groups is 2. The van der Waals surface area contributed by atoms with Gasteiger partial charge in [-0.25, -0.2) is 0 Å². The molecule has 34 heavy (non-hydrogen) atoms. The minimum atomic E-state index is -0.139. The molecule has 2 aromatic carbocycles. The van der Waals surface area contributed by atoms with Crippen LogP contribution in [0.25, 0.3) is 0 Å². The number of amides is 2. The van der Waals surface area contributed by atoms with E-state index in [2.05, 4.69) is 4.90 Å². The molecular formula is C27H31N3O4. The van der Waals surface area contributed by atoms with E-state index < -0.39 is 0 Å². The molecule has 1 saturated heterocycles. The highest BCUT2D eigenvalue weighted by Gasteiger charge is 2.24. The molecule has 0 atom stereocenters. The normalized spacial score (nSPS) is 14.0. The Bertz CT molecular complexity index is 1020. The Labute approximate surface area is 200 Å². The van der Waals surface area contributed by atoms with E-state index >= 15 is 0 Å². The Morgan fingerprint density at radius 2 is 1.53 bits per heavy atom. The second kappa shape index (κ2) is 12.2. The fraction of sp³-hybridized carbons (Fsp3) is 0.333. The quantitative estimate of drug-likeness (QED) is 0.464. The number of morpholine rings is 1. The van der Waals surface area contributed by atoms with E-state index in [-0.39, 0.29) is 18.4 Å². The topological polar surface area (TPSA) is 66.2 Å². The first-order valence-electron chi connectivity index (χ1n) is 11.7. The SMILES string of the molecule is O=C(CN(CCN1CCOCC1)C(=O)c1ccccc1)N(Cc1ccccc1)Cc1ccco1. The number of hydrogen-bond donors (Lipinski definition) is 0. The van der Waals surface area contributed by atoms with Crippen LogP contribution in [0.2, 0.25) is 0 Å². The van der Waals surface area contributed by atoms with E-state index in [1.54, 1.807) is 28.2 Å². The third kappa shape index (κ3) is 6.79. The summed E-state index contributed by atoms with van der Waals surface area (Å²) in [6, 6.07) is 22.7. The summed E-state index contributed by atoms with van der Waals surface area (Å²) in [7, 11) is 0. The Balaban J connectivity index is 1.49. The van der Waals surface area contributed by atoms with E-state index in [4.69, 9.17) is 9.15 Å². The van der Waals surface area contributed by atoms with E-state index in [0.717, 1.165) is 18.7 Å². The molecule has 0 aliphatic carbocycles. The largest absolute Gasteiger partial charge is 0.467 e. The van der Waals surface area contributed by atoms with Crippen LogP contribution in [0.3, 0.4) is 0 Å². The smallest absolute Gasteiger partial charge is 0.254 e. The number of carbonyl (C=O) groups excluding carboxylic acids is 2. The van der Waals surface area contributed by atoms with Crippen LogP contribution in [0.1, 0.15) is 21.7 Å². The molecule has 7 heteroatoms. The van der Waals surface area contributed by atoms with E-state index in [1.165, 1.54) is 0 Å². The van der Waals surface area contributed by atoms with Crippen molar-refractivity contribution in [1.82, 2.24) is 14.7 Å². The van der Waals surface area contributed by atoms with Crippen molar-refractivity contribution in [1.29, 1.82) is 0 Å². The third-order valence-electron chi connectivity index (χ3n) is 5.92. The molecule has 2 amide bonds. The highest BCUT2D eigenvalue weighted by molar-refractivity contribution is 5.96. The minimum absolute atomic E-state index is 0.00557. The molecule has 0 saturated carbocycles. The predicted octanol–water partition coefficient (Wildman–Crippen LogP) is 3.28. The maximum Gasteiger partial charge on any atom is 0.254 e. The summed E-state index contributed by atoms with van der Waals surface area (Å²) in [4.78, 5) is 32.5. The summed E-state index contributed by atoms with van der Waals surface area (Å²) in [6.45, 7) is 5.02. The van der Waals surface area contributed by atoms with Crippen molar-refractivity contribution in [3.8, 4) is 0 Å². The monoisotopic (exact) mass is 461 g/mol. The van der Waals surface area contributed by atoms with Gasteiger partial charge in [0.2, 0.25) is 5.91 Å². The zero-order valence-electron chi connectivity index (χ0n) is 19.3. The molecule has 4 rings (SSSR count). The predicted molar refractivity (Wildman–Crippen MR) is 129 cm³/mol. The van der Waals surface area contributed by atoms with Gasteiger partial charge in [-0.05, 0) is 29.8 Å². The van der Waals surface area contributed by atoms with Crippen molar-refractivity contribution in [3.63, 3.8) is 0 Å². The molecule has 1 aromatic heterocycles. The first kappa shape index (κ1) is 23.7. The molecule has 0 N–H and O–H groups in total. The Kier molecular flexibility index (Phi) is 8.48. The third-order valence-corrected chi connectivity index (χ3v) is 5.92. The molecule has 7 nitrogen and oxygen atoms in total. The molecule has 1 fully saturated rings. The summed E-state index contributed by atoms with van der Waals surface area (Å²) in [5.74, 6) is 0.449. The summed E-state index contributed by atoms with van der Waals surface area (Å²) < 4.78 is 10.9. The Hall–Kier alpha value is -3.42. The van der Waals surface area contributed by atoms with E-state index in [1.807, 2.05) is 60.7 Å². The number of furan rings is 1. The second-order valence-electron chi connectivity index (χ2n) is 8.36. The van der Waals surface area contributed by atoms with Crippen LogP contribution in [0, 0.1) is 0 Å². The molecule has 1 aliphatic rings. The van der Waals surface area contributed by atoms with Gasteiger partial charge >= 0.3 is 0 Å². The highest BCUT2D eigenvalue weighted by Crippen LogP contribution is 2.13. The van der Waals surface area contributed by atoms with Gasteiger partial charge in [0.1, 0.15) is 12.3 Å². The van der Waals surface area contributed by atoms with Gasteiger partial charge in [0.15, 0.2) is 0 Å². The van der Waals surface area contributed by atoms with Crippen molar-refractivity contribution in [2.24, 2.45) is 0 Å². The molecule has 0 bridgehead atoms. The second-order valence-corrected chi connectivity index (χ2v) is 8.36. The number of ether oxygens (including phenoxy) is 1. The van der Waals surface area contributed by atoms with Crippen molar-refractivity contribution < 1.29 is 18.7 Å². The van der Waals surface area contributed by atoms with Gasteiger partial charge in [0, 0.05) is 38.3 Å². The first-order chi connectivity index (χ1) is 16.7. The highest BCUT2D eigenvalue weighted by atomic mass is 16.5. The number of rotatable bonds is 10. The molecule has 178 valence electrons. The average Bonchev–Trinajstić information content (AvgIpc) is 3.40. The maximum atomic E-state index is 13.5. The molecule has 0 radical (unpaired) electrons. The van der Waals surface area contributed by atoms with Crippen molar-refractivity contribution >= 4 is 11.8 Å². The van der Waals surface area contributed by atoms with E-state index in [0.29, 0.717) is 50.7 Å². The molecule has 2 heterocycles. The fourth-order valence-corrected chi connectivity index (χ4v) is 3.99. The van der Waals surface area contributed by atoms with Crippen LogP contribution in [0.4, 0.5) is 0 Å². The summed E-state index contributed by atoms with van der Waals surface area (Å²) in [5.41, 5.74) is 1.61. The van der Waals surface area contributed by atoms with Gasteiger partial charge < -0.3 is 19.0 Å². The fourth-order valence-electron chi connectivity index (χ4n) is 3.99. The van der Waals surface area contributed by atoms with Crippen LogP contribution in [-0.4, -0.2) is 72.5 Å². The van der Waals surface area contributed by atoms with Gasteiger partial charge in [-0.15, -0.1) is 0 Å². The molecular weight excluding hydrogens is 430 g/mol. The van der Waals surface area contributed by atoms with Gasteiger partial charge in [0.25, 0.3) is 5.91 Å². The van der Waals surface area contributed by atoms with Crippen LogP contribution in [0.5, 0.6) is 0 Å². The summed E-state index contributed by atoms with van der Waals surface area (Å²) in [5, 5.41) is 0. The average molecular weight is 462 g/mol. The molecule has 3 aromatic rings. The number of hydrogen-bond acceptors (Lipinski definition) is 5. The van der Waals surface area contributed by atoms with Crippen LogP contribution >= 0.6 is 0 Å². The lowest BCUT2D eigenvalue weighted by Crippen LogP contribution is -2.47. The van der Waals surface area contributed by atoms with Crippen LogP contribution in [-0.2, 0) is 22.6 Å². The molecule has 0 unspecified atom stereocenters. The zero-order chi connectivity index (χ0) is 23.6. The number of nitrogens with zero attached hydrogens (tertiary/aromatic N) is 3. The standard InChI is InChI=1S/C27H31N3O4/c31-26(30(21-25-12-7-17-34-25)20-23-8-3-1-4-9-23)22-29(14-13-28-15-18-33-19-16-28)27(32)24-10-5-2-6-11-24/h1-12,17H,13-16,18-22H2. The molecule has 0 spiro atoms. The van der Waals surface area contributed by atoms with Gasteiger partial charge in [-0.1, -0.05) is 48.5 Å². The lowest BCUT2D eigenvalue weighted by molar-refractivity contribution is -0.133. The number of benzene rings is 2.